The van der Waals surface area contributed by atoms with Crippen LogP contribution in [0.2, 0.25) is 0 Å². The van der Waals surface area contributed by atoms with Crippen molar-refractivity contribution < 1.29 is 22.7 Å². The maximum atomic E-state index is 12.4. The number of nitrogens with one attached hydrogen (secondary N) is 1. The van der Waals surface area contributed by atoms with Crippen LogP contribution in [0.1, 0.15) is 27.0 Å². The average Bonchev–Trinajstić information content (AvgIpc) is 2.80. The Kier molecular flexibility index (Phi) is 7.80. The number of aryl methyl sites for hydroxylation is 1. The number of hydrazone groups is 1. The van der Waals surface area contributed by atoms with E-state index in [0.29, 0.717) is 22.6 Å². The minimum atomic E-state index is -3.69. The first-order valence-corrected chi connectivity index (χ1v) is 12.2. The summed E-state index contributed by atoms with van der Waals surface area (Å²) >= 11 is 0. The van der Waals surface area contributed by atoms with Gasteiger partial charge in [0.2, 0.25) is 10.0 Å². The predicted octanol–water partition coefficient (Wildman–Crippen LogP) is 3.44. The number of esters is 1. The third-order valence-corrected chi connectivity index (χ3v) is 6.16. The molecule has 3 rings (SSSR count). The molecule has 0 atom stereocenters. The van der Waals surface area contributed by atoms with Crippen LogP contribution < -0.4 is 14.5 Å². The Morgan fingerprint density at radius 2 is 1.65 bits per heavy atom. The molecule has 3 aromatic rings. The second-order valence-electron chi connectivity index (χ2n) is 7.61. The summed E-state index contributed by atoms with van der Waals surface area (Å²) in [6, 6.07) is 20.5. The van der Waals surface area contributed by atoms with E-state index in [1.165, 1.54) is 6.21 Å². The molecule has 0 saturated carbocycles. The summed E-state index contributed by atoms with van der Waals surface area (Å²) in [6.45, 7) is 3.27. The number of carbonyl (C=O) groups excluding carboxylic acids is 2. The van der Waals surface area contributed by atoms with Gasteiger partial charge in [-0.3, -0.25) is 9.10 Å². The number of hydrogen-bond acceptors (Lipinski definition) is 6. The number of carbonyl (C=O) groups is 2. The molecule has 0 saturated heterocycles. The molecule has 9 heteroatoms. The van der Waals surface area contributed by atoms with Gasteiger partial charge in [0.1, 0.15) is 12.3 Å². The first-order chi connectivity index (χ1) is 16.1. The summed E-state index contributed by atoms with van der Waals surface area (Å²) < 4.78 is 31.0. The van der Waals surface area contributed by atoms with Crippen molar-refractivity contribution in [1.82, 2.24) is 5.43 Å². The second kappa shape index (κ2) is 10.8. The van der Waals surface area contributed by atoms with Crippen molar-refractivity contribution in [1.29, 1.82) is 0 Å². The lowest BCUT2D eigenvalue weighted by Gasteiger charge is -2.23. The number of hydrogen-bond donors (Lipinski definition) is 1. The molecule has 0 unspecified atom stereocenters. The Hall–Kier alpha value is -3.98. The second-order valence-corrected chi connectivity index (χ2v) is 9.51. The Labute approximate surface area is 198 Å². The Morgan fingerprint density at radius 1 is 0.971 bits per heavy atom. The zero-order chi connectivity index (χ0) is 24.7. The lowest BCUT2D eigenvalue weighted by atomic mass is 10.1. The summed E-state index contributed by atoms with van der Waals surface area (Å²) in [4.78, 5) is 24.5. The summed E-state index contributed by atoms with van der Waals surface area (Å²) in [7, 11) is -3.69. The highest BCUT2D eigenvalue weighted by molar-refractivity contribution is 7.92. The van der Waals surface area contributed by atoms with Crippen LogP contribution in [0.3, 0.4) is 0 Å². The van der Waals surface area contributed by atoms with E-state index in [9.17, 15) is 18.0 Å². The molecule has 1 amide bonds. The molecular weight excluding hydrogens is 454 g/mol. The van der Waals surface area contributed by atoms with Crippen molar-refractivity contribution in [2.24, 2.45) is 5.10 Å². The molecule has 0 fully saturated rings. The van der Waals surface area contributed by atoms with Crippen LogP contribution >= 0.6 is 0 Å². The molecule has 0 heterocycles. The number of benzene rings is 3. The van der Waals surface area contributed by atoms with Crippen LogP contribution in [0.5, 0.6) is 5.75 Å². The number of anilines is 1. The number of nitrogens with zero attached hydrogens (tertiary/aromatic N) is 2. The number of sulfonamides is 1. The van der Waals surface area contributed by atoms with Crippen LogP contribution in [0.25, 0.3) is 0 Å². The van der Waals surface area contributed by atoms with Gasteiger partial charge in [0, 0.05) is 0 Å². The van der Waals surface area contributed by atoms with Crippen molar-refractivity contribution in [2.75, 3.05) is 17.1 Å². The fraction of sp³-hybridized carbons (Fsp3) is 0.160. The van der Waals surface area contributed by atoms with Crippen LogP contribution in [-0.2, 0) is 14.8 Å². The zero-order valence-electron chi connectivity index (χ0n) is 19.1. The Bertz CT molecular complexity index is 1300. The summed E-state index contributed by atoms with van der Waals surface area (Å²) in [5.74, 6) is -0.683. The third-order valence-electron chi connectivity index (χ3n) is 5.04. The molecule has 3 aromatic carbocycles. The maximum absolute atomic E-state index is 12.4. The van der Waals surface area contributed by atoms with E-state index in [1.54, 1.807) is 67.6 Å². The number of ether oxygens (including phenoxy) is 1. The van der Waals surface area contributed by atoms with Gasteiger partial charge in [0.25, 0.3) is 5.91 Å². The molecule has 34 heavy (non-hydrogen) atoms. The van der Waals surface area contributed by atoms with Gasteiger partial charge < -0.3 is 4.74 Å². The molecule has 0 aliphatic rings. The van der Waals surface area contributed by atoms with E-state index in [0.717, 1.165) is 21.7 Å². The van der Waals surface area contributed by atoms with Gasteiger partial charge in [0.15, 0.2) is 0 Å². The molecule has 0 aromatic heterocycles. The molecule has 1 N–H and O–H groups in total. The zero-order valence-corrected chi connectivity index (χ0v) is 19.9. The highest BCUT2D eigenvalue weighted by atomic mass is 32.2. The minimum Gasteiger partial charge on any atom is -0.423 e. The maximum Gasteiger partial charge on any atom is 0.343 e. The van der Waals surface area contributed by atoms with Gasteiger partial charge >= 0.3 is 5.97 Å². The monoisotopic (exact) mass is 479 g/mol. The number of amides is 1. The predicted molar refractivity (Wildman–Crippen MR) is 132 cm³/mol. The van der Waals surface area contributed by atoms with Gasteiger partial charge in [-0.25, -0.2) is 18.6 Å². The number of rotatable bonds is 8. The van der Waals surface area contributed by atoms with Gasteiger partial charge in [-0.1, -0.05) is 30.3 Å². The lowest BCUT2D eigenvalue weighted by Crippen LogP contribution is -2.39. The van der Waals surface area contributed by atoms with E-state index >= 15 is 0 Å². The van der Waals surface area contributed by atoms with Crippen LogP contribution in [0, 0.1) is 13.8 Å². The molecule has 8 nitrogen and oxygen atoms in total. The highest BCUT2D eigenvalue weighted by Gasteiger charge is 2.22. The summed E-state index contributed by atoms with van der Waals surface area (Å²) in [5, 5.41) is 3.89. The Balaban J connectivity index is 1.60. The van der Waals surface area contributed by atoms with Gasteiger partial charge in [-0.2, -0.15) is 5.10 Å². The van der Waals surface area contributed by atoms with Crippen LogP contribution in [0.15, 0.2) is 77.9 Å². The molecule has 0 spiro atoms. The molecule has 0 aliphatic heterocycles. The van der Waals surface area contributed by atoms with E-state index in [-0.39, 0.29) is 0 Å². The molecular formula is C25H25N3O5S. The van der Waals surface area contributed by atoms with Crippen LogP contribution in [-0.4, -0.2) is 39.3 Å². The SMILES string of the molecule is Cc1cccc(N(CC(=O)N/N=C\c2ccc(OC(=O)c3ccccc3)cc2)S(C)(=O)=O)c1C. The standard InChI is InChI=1S/C25H25N3O5S/c1-18-8-7-11-23(19(18)2)28(34(3,31)32)17-24(29)27-26-16-20-12-14-22(15-13-20)33-25(30)21-9-5-4-6-10-21/h4-16H,17H2,1-3H3,(H,27,29)/b26-16-. The van der Waals surface area contributed by atoms with Crippen LogP contribution in [0.4, 0.5) is 5.69 Å². The topological polar surface area (TPSA) is 105 Å². The van der Waals surface area contributed by atoms with E-state index < -0.39 is 28.4 Å². The third kappa shape index (κ3) is 6.52. The van der Waals surface area contributed by atoms with Crippen molar-refractivity contribution in [3.63, 3.8) is 0 Å². The van der Waals surface area contributed by atoms with Crippen molar-refractivity contribution in [2.45, 2.75) is 13.8 Å². The fourth-order valence-corrected chi connectivity index (χ4v) is 4.00. The summed E-state index contributed by atoms with van der Waals surface area (Å²) in [5.41, 5.74) is 5.58. The average molecular weight is 480 g/mol. The van der Waals surface area contributed by atoms with Crippen molar-refractivity contribution in [3.05, 3.63) is 95.1 Å². The normalized spacial score (nSPS) is 11.3. The van der Waals surface area contributed by atoms with E-state index in [2.05, 4.69) is 10.5 Å². The van der Waals surface area contributed by atoms with E-state index in [1.807, 2.05) is 19.1 Å². The van der Waals surface area contributed by atoms with Gasteiger partial charge in [0.05, 0.1) is 23.7 Å². The molecule has 0 bridgehead atoms. The first kappa shape index (κ1) is 24.7. The minimum absolute atomic E-state index is 0.368. The molecule has 176 valence electrons. The highest BCUT2D eigenvalue weighted by Crippen LogP contribution is 2.24. The van der Waals surface area contributed by atoms with Gasteiger partial charge in [-0.05, 0) is 73.0 Å². The quantitative estimate of drug-likeness (QED) is 0.231. The van der Waals surface area contributed by atoms with Crippen molar-refractivity contribution >= 4 is 33.8 Å². The molecule has 0 aliphatic carbocycles. The summed E-state index contributed by atoms with van der Waals surface area (Å²) in [6.07, 6.45) is 2.46. The van der Waals surface area contributed by atoms with Gasteiger partial charge in [-0.15, -0.1) is 0 Å². The lowest BCUT2D eigenvalue weighted by molar-refractivity contribution is -0.119. The fourth-order valence-electron chi connectivity index (χ4n) is 3.09. The largest absolute Gasteiger partial charge is 0.423 e. The first-order valence-electron chi connectivity index (χ1n) is 10.4. The molecule has 0 radical (unpaired) electrons. The smallest absolute Gasteiger partial charge is 0.343 e. The van der Waals surface area contributed by atoms with E-state index in [4.69, 9.17) is 4.74 Å². The van der Waals surface area contributed by atoms with Crippen molar-refractivity contribution in [3.8, 4) is 5.75 Å². The Morgan fingerprint density at radius 3 is 2.29 bits per heavy atom.